The highest BCUT2D eigenvalue weighted by Gasteiger charge is 2.26. The van der Waals surface area contributed by atoms with Crippen molar-refractivity contribution in [1.82, 2.24) is 9.21 Å². The Morgan fingerprint density at radius 1 is 1.19 bits per heavy atom. The second-order valence-corrected chi connectivity index (χ2v) is 9.45. The lowest BCUT2D eigenvalue weighted by Crippen LogP contribution is -2.51. The largest absolute Gasteiger partial charge is 0.452 e. The van der Waals surface area contributed by atoms with E-state index < -0.39 is 33.4 Å². The van der Waals surface area contributed by atoms with Crippen LogP contribution in [0.3, 0.4) is 0 Å². The van der Waals surface area contributed by atoms with Crippen molar-refractivity contribution in [2.24, 2.45) is 0 Å². The number of amides is 1. The van der Waals surface area contributed by atoms with Crippen molar-refractivity contribution in [2.45, 2.75) is 5.75 Å². The highest BCUT2D eigenvalue weighted by Crippen LogP contribution is 2.10. The molecule has 0 aromatic heterocycles. The number of hydrogen-bond acceptors (Lipinski definition) is 6. The highest BCUT2D eigenvalue weighted by atomic mass is 32.2. The second kappa shape index (κ2) is 8.74. The summed E-state index contributed by atoms with van der Waals surface area (Å²) in [6, 6.07) is 6.61. The monoisotopic (exact) mass is 402 g/mol. The van der Waals surface area contributed by atoms with Gasteiger partial charge in [0.2, 0.25) is 10.0 Å². The maximum atomic E-state index is 12.1. The molecule has 0 spiro atoms. The molecular weight excluding hydrogens is 380 g/mol. The van der Waals surface area contributed by atoms with Crippen molar-refractivity contribution in [3.8, 4) is 0 Å². The van der Waals surface area contributed by atoms with E-state index in [1.165, 1.54) is 9.21 Å². The Hall–Kier alpha value is -1.78. The van der Waals surface area contributed by atoms with Crippen LogP contribution in [-0.4, -0.2) is 79.0 Å². The smallest absolute Gasteiger partial charge is 0.338 e. The molecular formula is C16H22N2O6S2. The molecule has 0 aliphatic carbocycles. The topological polar surface area (TPSA) is 101 Å². The van der Waals surface area contributed by atoms with Gasteiger partial charge < -0.3 is 9.64 Å². The van der Waals surface area contributed by atoms with Crippen LogP contribution in [0.4, 0.5) is 0 Å². The number of rotatable bonds is 6. The number of ether oxygens (including phenoxy) is 1. The van der Waals surface area contributed by atoms with Crippen LogP contribution < -0.4 is 0 Å². The van der Waals surface area contributed by atoms with Crippen molar-refractivity contribution in [3.63, 3.8) is 0 Å². The predicted octanol–water partition coefficient (Wildman–Crippen LogP) is -0.174. The second-order valence-electron chi connectivity index (χ2n) is 6.04. The number of carbonyl (C=O) groups is 2. The van der Waals surface area contributed by atoms with Crippen LogP contribution in [0.15, 0.2) is 24.3 Å². The molecule has 1 aromatic carbocycles. The van der Waals surface area contributed by atoms with E-state index in [1.54, 1.807) is 30.5 Å². The SMILES string of the molecule is CS(=O)Cc1cccc(C(=O)OCC(=O)N2CCN(S(C)(=O)=O)CC2)c1. The lowest BCUT2D eigenvalue weighted by molar-refractivity contribution is -0.135. The molecule has 1 atom stereocenters. The van der Waals surface area contributed by atoms with Crippen molar-refractivity contribution in [1.29, 1.82) is 0 Å². The zero-order valence-corrected chi connectivity index (χ0v) is 16.3. The van der Waals surface area contributed by atoms with E-state index in [0.717, 1.165) is 11.8 Å². The van der Waals surface area contributed by atoms with E-state index in [4.69, 9.17) is 4.74 Å². The van der Waals surface area contributed by atoms with Gasteiger partial charge >= 0.3 is 5.97 Å². The van der Waals surface area contributed by atoms with Crippen LogP contribution in [0.2, 0.25) is 0 Å². The molecule has 26 heavy (non-hydrogen) atoms. The van der Waals surface area contributed by atoms with Crippen LogP contribution in [0.5, 0.6) is 0 Å². The molecule has 1 fully saturated rings. The Morgan fingerprint density at radius 3 is 2.42 bits per heavy atom. The van der Waals surface area contributed by atoms with E-state index in [2.05, 4.69) is 0 Å². The molecule has 2 rings (SSSR count). The molecule has 1 unspecified atom stereocenters. The first kappa shape index (κ1) is 20.5. The minimum atomic E-state index is -3.26. The molecule has 1 heterocycles. The standard InChI is InChI=1S/C16H22N2O6S2/c1-25(21)12-13-4-3-5-14(10-13)16(20)24-11-15(19)17-6-8-18(9-7-17)26(2,22)23/h3-5,10H,6-9,11-12H2,1-2H3. The first-order valence-electron chi connectivity index (χ1n) is 7.96. The van der Waals surface area contributed by atoms with Gasteiger partial charge in [-0.3, -0.25) is 9.00 Å². The zero-order chi connectivity index (χ0) is 19.3. The predicted molar refractivity (Wildman–Crippen MR) is 97.5 cm³/mol. The molecule has 1 aromatic rings. The number of sulfonamides is 1. The first-order valence-corrected chi connectivity index (χ1v) is 11.5. The summed E-state index contributed by atoms with van der Waals surface area (Å²) >= 11 is 0. The minimum Gasteiger partial charge on any atom is -0.452 e. The van der Waals surface area contributed by atoms with Crippen molar-refractivity contribution in [3.05, 3.63) is 35.4 Å². The third-order valence-electron chi connectivity index (χ3n) is 3.92. The summed E-state index contributed by atoms with van der Waals surface area (Å²) in [6.45, 7) is 0.591. The summed E-state index contributed by atoms with van der Waals surface area (Å²) in [5.74, 6) is -0.654. The summed E-state index contributed by atoms with van der Waals surface area (Å²) in [4.78, 5) is 25.7. The molecule has 1 aliphatic heterocycles. The van der Waals surface area contributed by atoms with Crippen molar-refractivity contribution < 1.29 is 27.0 Å². The average Bonchev–Trinajstić information content (AvgIpc) is 2.58. The van der Waals surface area contributed by atoms with Gasteiger partial charge in [-0.05, 0) is 17.7 Å². The van der Waals surface area contributed by atoms with Crippen LogP contribution >= 0.6 is 0 Å². The number of carbonyl (C=O) groups excluding carboxylic acids is 2. The maximum absolute atomic E-state index is 12.1. The summed E-state index contributed by atoms with van der Waals surface area (Å²) in [5.41, 5.74) is 1.05. The molecule has 1 amide bonds. The van der Waals surface area contributed by atoms with Gasteiger partial charge in [0.05, 0.1) is 11.8 Å². The number of benzene rings is 1. The van der Waals surface area contributed by atoms with Crippen molar-refractivity contribution in [2.75, 3.05) is 45.3 Å². The zero-order valence-electron chi connectivity index (χ0n) is 14.7. The summed E-state index contributed by atoms with van der Waals surface area (Å²) < 4.78 is 40.6. The fourth-order valence-corrected chi connectivity index (χ4v) is 4.07. The van der Waals surface area contributed by atoms with Gasteiger partial charge in [-0.25, -0.2) is 13.2 Å². The van der Waals surface area contributed by atoms with Crippen LogP contribution in [0.25, 0.3) is 0 Å². The fraction of sp³-hybridized carbons (Fsp3) is 0.500. The normalized spacial score (nSPS) is 16.9. The van der Waals surface area contributed by atoms with Crippen LogP contribution in [0.1, 0.15) is 15.9 Å². The minimum absolute atomic E-state index is 0.231. The van der Waals surface area contributed by atoms with E-state index in [0.29, 0.717) is 11.3 Å². The summed E-state index contributed by atoms with van der Waals surface area (Å²) in [7, 11) is -4.28. The molecule has 0 N–H and O–H groups in total. The molecule has 1 saturated heterocycles. The quantitative estimate of drug-likeness (QED) is 0.612. The van der Waals surface area contributed by atoms with E-state index in [1.807, 2.05) is 0 Å². The number of esters is 1. The third kappa shape index (κ3) is 5.89. The Morgan fingerprint density at radius 2 is 1.85 bits per heavy atom. The molecule has 1 aliphatic rings. The van der Waals surface area contributed by atoms with Gasteiger partial charge in [-0.15, -0.1) is 0 Å². The van der Waals surface area contributed by atoms with Crippen LogP contribution in [0, 0.1) is 0 Å². The van der Waals surface area contributed by atoms with E-state index in [9.17, 15) is 22.2 Å². The molecule has 10 heteroatoms. The number of piperazine rings is 1. The molecule has 0 radical (unpaired) electrons. The Kier molecular flexibility index (Phi) is 6.90. The fourth-order valence-electron chi connectivity index (χ4n) is 2.59. The first-order chi connectivity index (χ1) is 12.2. The molecule has 0 saturated carbocycles. The molecule has 144 valence electrons. The maximum Gasteiger partial charge on any atom is 0.338 e. The Labute approximate surface area is 155 Å². The van der Waals surface area contributed by atoms with Gasteiger partial charge in [0.25, 0.3) is 5.91 Å². The molecule has 8 nitrogen and oxygen atoms in total. The van der Waals surface area contributed by atoms with Gasteiger partial charge in [0, 0.05) is 49.0 Å². The molecule has 0 bridgehead atoms. The third-order valence-corrected chi connectivity index (χ3v) is 5.96. The van der Waals surface area contributed by atoms with Gasteiger partial charge in [0.15, 0.2) is 6.61 Å². The highest BCUT2D eigenvalue weighted by molar-refractivity contribution is 7.88. The van der Waals surface area contributed by atoms with Gasteiger partial charge in [-0.1, -0.05) is 12.1 Å². The van der Waals surface area contributed by atoms with Crippen LogP contribution in [-0.2, 0) is 36.1 Å². The Bertz CT molecular complexity index is 801. The van der Waals surface area contributed by atoms with E-state index in [-0.39, 0.29) is 32.1 Å². The lowest BCUT2D eigenvalue weighted by atomic mass is 10.1. The lowest BCUT2D eigenvalue weighted by Gasteiger charge is -2.33. The van der Waals surface area contributed by atoms with Gasteiger partial charge in [-0.2, -0.15) is 4.31 Å². The summed E-state index contributed by atoms with van der Waals surface area (Å²) in [6.07, 6.45) is 2.71. The van der Waals surface area contributed by atoms with Gasteiger partial charge in [0.1, 0.15) is 0 Å². The summed E-state index contributed by atoms with van der Waals surface area (Å²) in [5, 5.41) is 0. The number of hydrogen-bond donors (Lipinski definition) is 0. The Balaban J connectivity index is 1.86. The number of nitrogens with zero attached hydrogens (tertiary/aromatic N) is 2. The average molecular weight is 402 g/mol. The van der Waals surface area contributed by atoms with E-state index >= 15 is 0 Å². The van der Waals surface area contributed by atoms with Crippen molar-refractivity contribution >= 4 is 32.7 Å².